The third-order valence-corrected chi connectivity index (χ3v) is 2.29. The second-order valence-electron chi connectivity index (χ2n) is 3.40. The molecular formula is C11H14ClNO. The average molecular weight is 212 g/mol. The Kier molecular flexibility index (Phi) is 5.22. The number of nitriles is 1. The van der Waals surface area contributed by atoms with Crippen LogP contribution in [0.25, 0.3) is 0 Å². The van der Waals surface area contributed by atoms with Crippen LogP contribution in [0.1, 0.15) is 25.3 Å². The molecule has 76 valence electrons. The average Bonchev–Trinajstić information content (AvgIpc) is 2.09. The molecule has 0 spiro atoms. The SMILES string of the molecule is CC(C)C(C#N)c1ccc(Cl)cc1.O. The molecule has 0 fully saturated rings. The van der Waals surface area contributed by atoms with Crippen molar-refractivity contribution in [2.45, 2.75) is 19.8 Å². The van der Waals surface area contributed by atoms with Gasteiger partial charge in [0.05, 0.1) is 12.0 Å². The molecule has 3 heteroatoms. The van der Waals surface area contributed by atoms with Crippen molar-refractivity contribution in [2.24, 2.45) is 5.92 Å². The molecule has 0 aromatic heterocycles. The van der Waals surface area contributed by atoms with Gasteiger partial charge in [0.1, 0.15) is 0 Å². The highest BCUT2D eigenvalue weighted by atomic mass is 35.5. The maximum atomic E-state index is 8.94. The second-order valence-corrected chi connectivity index (χ2v) is 3.84. The maximum Gasteiger partial charge on any atom is 0.0735 e. The second kappa shape index (κ2) is 5.64. The molecule has 1 aromatic carbocycles. The first-order valence-electron chi connectivity index (χ1n) is 4.30. The van der Waals surface area contributed by atoms with Crippen molar-refractivity contribution < 1.29 is 5.48 Å². The first-order chi connectivity index (χ1) is 6.15. The fourth-order valence-electron chi connectivity index (χ4n) is 1.28. The first-order valence-corrected chi connectivity index (χ1v) is 4.68. The lowest BCUT2D eigenvalue weighted by Crippen LogP contribution is -2.03. The van der Waals surface area contributed by atoms with Gasteiger partial charge in [-0.25, -0.2) is 0 Å². The molecule has 1 atom stereocenters. The zero-order valence-electron chi connectivity index (χ0n) is 8.29. The standard InChI is InChI=1S/C11H12ClN.H2O/c1-8(2)11(7-13)9-3-5-10(12)6-4-9;/h3-6,8,11H,1-2H3;1H2. The van der Waals surface area contributed by atoms with E-state index in [0.29, 0.717) is 10.9 Å². The molecule has 0 amide bonds. The van der Waals surface area contributed by atoms with Crippen LogP contribution in [0.3, 0.4) is 0 Å². The van der Waals surface area contributed by atoms with Crippen LogP contribution in [0.5, 0.6) is 0 Å². The van der Waals surface area contributed by atoms with Crippen LogP contribution in [0.2, 0.25) is 5.02 Å². The molecule has 1 unspecified atom stereocenters. The molecule has 0 radical (unpaired) electrons. The molecule has 1 rings (SSSR count). The summed E-state index contributed by atoms with van der Waals surface area (Å²) in [5.41, 5.74) is 1.04. The normalized spacial score (nSPS) is 11.6. The smallest absolute Gasteiger partial charge is 0.0735 e. The quantitative estimate of drug-likeness (QED) is 0.742. The van der Waals surface area contributed by atoms with E-state index in [4.69, 9.17) is 16.9 Å². The summed E-state index contributed by atoms with van der Waals surface area (Å²) < 4.78 is 0. The minimum Gasteiger partial charge on any atom is -0.412 e. The summed E-state index contributed by atoms with van der Waals surface area (Å²) in [5.74, 6) is 0.309. The summed E-state index contributed by atoms with van der Waals surface area (Å²) in [5, 5.41) is 9.65. The Bertz CT molecular complexity index is 313. The topological polar surface area (TPSA) is 55.3 Å². The highest BCUT2D eigenvalue weighted by Crippen LogP contribution is 2.24. The van der Waals surface area contributed by atoms with Crippen molar-refractivity contribution in [2.75, 3.05) is 0 Å². The van der Waals surface area contributed by atoms with Crippen LogP contribution in [0, 0.1) is 17.2 Å². The van der Waals surface area contributed by atoms with Crippen LogP contribution >= 0.6 is 11.6 Å². The minimum absolute atomic E-state index is 0. The Hall–Kier alpha value is -1.04. The molecule has 14 heavy (non-hydrogen) atoms. The largest absolute Gasteiger partial charge is 0.412 e. The van der Waals surface area contributed by atoms with Crippen molar-refractivity contribution in [1.82, 2.24) is 0 Å². The van der Waals surface area contributed by atoms with E-state index in [2.05, 4.69) is 6.07 Å². The lowest BCUT2D eigenvalue weighted by molar-refractivity contribution is 0.587. The van der Waals surface area contributed by atoms with Crippen molar-refractivity contribution in [1.29, 1.82) is 5.26 Å². The van der Waals surface area contributed by atoms with Gasteiger partial charge in [0.2, 0.25) is 0 Å². The molecule has 0 saturated carbocycles. The number of halogens is 1. The van der Waals surface area contributed by atoms with Gasteiger partial charge in [-0.05, 0) is 23.6 Å². The molecule has 0 aliphatic carbocycles. The van der Waals surface area contributed by atoms with Crippen LogP contribution in [-0.2, 0) is 0 Å². The van der Waals surface area contributed by atoms with Gasteiger partial charge >= 0.3 is 0 Å². The Labute approximate surface area is 89.4 Å². The Morgan fingerprint density at radius 1 is 1.21 bits per heavy atom. The van der Waals surface area contributed by atoms with Gasteiger partial charge in [-0.1, -0.05) is 37.6 Å². The zero-order chi connectivity index (χ0) is 9.84. The number of hydrogen-bond acceptors (Lipinski definition) is 1. The van der Waals surface area contributed by atoms with Crippen molar-refractivity contribution in [3.05, 3.63) is 34.9 Å². The highest BCUT2D eigenvalue weighted by molar-refractivity contribution is 6.30. The Morgan fingerprint density at radius 2 is 1.71 bits per heavy atom. The van der Waals surface area contributed by atoms with Gasteiger partial charge in [-0.2, -0.15) is 5.26 Å². The third-order valence-electron chi connectivity index (χ3n) is 2.03. The molecule has 2 nitrogen and oxygen atoms in total. The van der Waals surface area contributed by atoms with Crippen LogP contribution < -0.4 is 0 Å². The van der Waals surface area contributed by atoms with E-state index in [1.54, 1.807) is 0 Å². The molecular weight excluding hydrogens is 198 g/mol. The van der Waals surface area contributed by atoms with E-state index in [0.717, 1.165) is 5.56 Å². The molecule has 1 aromatic rings. The molecule has 2 N–H and O–H groups in total. The fraction of sp³-hybridized carbons (Fsp3) is 0.364. The predicted octanol–water partition coefficient (Wildman–Crippen LogP) is 2.78. The van der Waals surface area contributed by atoms with Crippen molar-refractivity contribution >= 4 is 11.6 Å². The van der Waals surface area contributed by atoms with E-state index in [1.165, 1.54) is 0 Å². The Balaban J connectivity index is 0.00000169. The molecule has 0 aliphatic heterocycles. The predicted molar refractivity (Wildman–Crippen MR) is 58.3 cm³/mol. The first kappa shape index (κ1) is 13.0. The summed E-state index contributed by atoms with van der Waals surface area (Å²) in [6, 6.07) is 9.77. The van der Waals surface area contributed by atoms with Gasteiger partial charge < -0.3 is 5.48 Å². The molecule has 0 saturated heterocycles. The summed E-state index contributed by atoms with van der Waals surface area (Å²) in [7, 11) is 0. The summed E-state index contributed by atoms with van der Waals surface area (Å²) >= 11 is 5.76. The number of hydrogen-bond donors (Lipinski definition) is 0. The molecule has 0 bridgehead atoms. The number of rotatable bonds is 2. The monoisotopic (exact) mass is 211 g/mol. The summed E-state index contributed by atoms with van der Waals surface area (Å²) in [6.07, 6.45) is 0. The van der Waals surface area contributed by atoms with Crippen LogP contribution in [0.4, 0.5) is 0 Å². The van der Waals surface area contributed by atoms with Gasteiger partial charge in [0.25, 0.3) is 0 Å². The van der Waals surface area contributed by atoms with Crippen LogP contribution in [0.15, 0.2) is 24.3 Å². The lowest BCUT2D eigenvalue weighted by Gasteiger charge is -2.12. The van der Waals surface area contributed by atoms with E-state index >= 15 is 0 Å². The third kappa shape index (κ3) is 3.02. The highest BCUT2D eigenvalue weighted by Gasteiger charge is 2.13. The van der Waals surface area contributed by atoms with Gasteiger partial charge in [0, 0.05) is 5.02 Å². The number of benzene rings is 1. The zero-order valence-corrected chi connectivity index (χ0v) is 9.05. The Morgan fingerprint density at radius 3 is 2.07 bits per heavy atom. The van der Waals surface area contributed by atoms with Crippen molar-refractivity contribution in [3.8, 4) is 6.07 Å². The molecule has 0 aliphatic rings. The number of nitrogens with zero attached hydrogens (tertiary/aromatic N) is 1. The van der Waals surface area contributed by atoms with E-state index in [9.17, 15) is 0 Å². The van der Waals surface area contributed by atoms with E-state index < -0.39 is 0 Å². The van der Waals surface area contributed by atoms with E-state index in [1.807, 2.05) is 38.1 Å². The van der Waals surface area contributed by atoms with Gasteiger partial charge in [-0.3, -0.25) is 0 Å². The summed E-state index contributed by atoms with van der Waals surface area (Å²) in [6.45, 7) is 4.09. The van der Waals surface area contributed by atoms with Gasteiger partial charge in [-0.15, -0.1) is 0 Å². The molecule has 0 heterocycles. The minimum atomic E-state index is -0.0303. The van der Waals surface area contributed by atoms with Crippen LogP contribution in [-0.4, -0.2) is 5.48 Å². The summed E-state index contributed by atoms with van der Waals surface area (Å²) in [4.78, 5) is 0. The fourth-order valence-corrected chi connectivity index (χ4v) is 1.40. The lowest BCUT2D eigenvalue weighted by atomic mass is 9.90. The van der Waals surface area contributed by atoms with Crippen molar-refractivity contribution in [3.63, 3.8) is 0 Å². The van der Waals surface area contributed by atoms with E-state index in [-0.39, 0.29) is 11.4 Å². The van der Waals surface area contributed by atoms with Gasteiger partial charge in [0.15, 0.2) is 0 Å². The maximum absolute atomic E-state index is 8.94.